The van der Waals surface area contributed by atoms with E-state index >= 15 is 0 Å². The van der Waals surface area contributed by atoms with Crippen molar-refractivity contribution >= 4 is 23.1 Å². The fourth-order valence-corrected chi connectivity index (χ4v) is 6.22. The Bertz CT molecular complexity index is 1680. The lowest BCUT2D eigenvalue weighted by Gasteiger charge is -2.37. The summed E-state index contributed by atoms with van der Waals surface area (Å²) in [6.45, 7) is 9.66. The number of ether oxygens (including phenoxy) is 2. The van der Waals surface area contributed by atoms with Crippen molar-refractivity contribution in [3.63, 3.8) is 0 Å². The maximum Gasteiger partial charge on any atom is 0.340 e. The van der Waals surface area contributed by atoms with E-state index in [1.165, 1.54) is 0 Å². The van der Waals surface area contributed by atoms with E-state index in [-0.39, 0.29) is 11.5 Å². The van der Waals surface area contributed by atoms with Crippen molar-refractivity contribution in [1.29, 1.82) is 0 Å². The van der Waals surface area contributed by atoms with Crippen molar-refractivity contribution < 1.29 is 24.2 Å². The highest BCUT2D eigenvalue weighted by Gasteiger charge is 2.54. The maximum absolute atomic E-state index is 13.6. The van der Waals surface area contributed by atoms with Crippen LogP contribution in [0.15, 0.2) is 66.7 Å². The number of Topliss-reactive ketones (excluding diaryl/α,β-unsaturated/α-hetero) is 1. The number of phenols is 1. The third-order valence-corrected chi connectivity index (χ3v) is 8.36. The standard InChI is InChI=1S/C36H36N2O5/c1-5-37-30-19-33-28(16-21(30)3)36(29-17-22(4)31(38-6-2)20-34(29)42-33)27-15-12-24(18-26(27)35(41)43-36)32(40)9-7-8-23-10-13-25(39)14-11-23/h10-20,37-39H,5-9H2,1-4H3. The van der Waals surface area contributed by atoms with Gasteiger partial charge >= 0.3 is 5.97 Å². The molecule has 4 aromatic rings. The average Bonchev–Trinajstić information content (AvgIpc) is 3.28. The number of hydrogen-bond donors (Lipinski definition) is 3. The summed E-state index contributed by atoms with van der Waals surface area (Å²) >= 11 is 0. The first kappa shape index (κ1) is 28.3. The predicted octanol–water partition coefficient (Wildman–Crippen LogP) is 7.65. The van der Waals surface area contributed by atoms with Gasteiger partial charge in [-0.25, -0.2) is 4.79 Å². The molecule has 0 fully saturated rings. The number of nitrogens with one attached hydrogen (secondary N) is 2. The van der Waals surface area contributed by atoms with Gasteiger partial charge in [0.1, 0.15) is 17.2 Å². The number of carbonyl (C=O) groups excluding carboxylic acids is 2. The van der Waals surface area contributed by atoms with Crippen LogP contribution in [0.4, 0.5) is 11.4 Å². The quantitative estimate of drug-likeness (QED) is 0.139. The molecule has 0 radical (unpaired) electrons. The molecule has 7 heteroatoms. The molecule has 0 bridgehead atoms. The van der Waals surface area contributed by atoms with Crippen LogP contribution < -0.4 is 15.4 Å². The van der Waals surface area contributed by atoms with Crippen molar-refractivity contribution in [2.75, 3.05) is 23.7 Å². The summed E-state index contributed by atoms with van der Waals surface area (Å²) in [6.07, 6.45) is 1.73. The van der Waals surface area contributed by atoms with Crippen LogP contribution in [0.3, 0.4) is 0 Å². The molecule has 0 unspecified atom stereocenters. The molecule has 0 aromatic heterocycles. The number of ketones is 1. The fourth-order valence-electron chi connectivity index (χ4n) is 6.22. The van der Waals surface area contributed by atoms with E-state index in [0.717, 1.165) is 58.7 Å². The summed E-state index contributed by atoms with van der Waals surface area (Å²) < 4.78 is 12.9. The Kier molecular flexibility index (Phi) is 7.34. The summed E-state index contributed by atoms with van der Waals surface area (Å²) in [6, 6.07) is 20.4. The van der Waals surface area contributed by atoms with Crippen LogP contribution in [0.1, 0.15) is 80.8 Å². The third-order valence-electron chi connectivity index (χ3n) is 8.36. The van der Waals surface area contributed by atoms with E-state index in [1.54, 1.807) is 24.3 Å². The SMILES string of the molecule is CCNc1cc2c(cc1C)C1(OC(=O)c3cc(C(=O)CCCc4ccc(O)cc4)ccc31)c1cc(C)c(NCC)cc1O2. The van der Waals surface area contributed by atoms with Crippen LogP contribution in [-0.2, 0) is 16.8 Å². The van der Waals surface area contributed by atoms with E-state index in [9.17, 15) is 14.7 Å². The zero-order valence-corrected chi connectivity index (χ0v) is 25.0. The van der Waals surface area contributed by atoms with Gasteiger partial charge in [0.2, 0.25) is 0 Å². The second-order valence-corrected chi connectivity index (χ2v) is 11.3. The largest absolute Gasteiger partial charge is 0.508 e. The Morgan fingerprint density at radius 2 is 1.42 bits per heavy atom. The van der Waals surface area contributed by atoms with E-state index < -0.39 is 11.6 Å². The number of carbonyl (C=O) groups is 2. The molecular weight excluding hydrogens is 540 g/mol. The monoisotopic (exact) mass is 576 g/mol. The smallest absolute Gasteiger partial charge is 0.340 e. The topological polar surface area (TPSA) is 96.9 Å². The second kappa shape index (κ2) is 11.1. The van der Waals surface area contributed by atoms with E-state index in [4.69, 9.17) is 9.47 Å². The van der Waals surface area contributed by atoms with Crippen LogP contribution in [0.25, 0.3) is 0 Å². The highest BCUT2D eigenvalue weighted by atomic mass is 16.6. The molecule has 0 atom stereocenters. The molecule has 2 heterocycles. The van der Waals surface area contributed by atoms with Crippen molar-refractivity contribution in [3.8, 4) is 17.2 Å². The number of phenolic OH excluding ortho intramolecular Hbond substituents is 1. The highest BCUT2D eigenvalue weighted by Crippen LogP contribution is 2.57. The number of aryl methyl sites for hydroxylation is 3. The first-order valence-electron chi connectivity index (χ1n) is 14.9. The van der Waals surface area contributed by atoms with Gasteiger partial charge in [0.15, 0.2) is 11.4 Å². The number of benzene rings is 4. The Balaban J connectivity index is 1.41. The molecule has 220 valence electrons. The fraction of sp³-hybridized carbons (Fsp3) is 0.278. The van der Waals surface area contributed by atoms with E-state index in [0.29, 0.717) is 41.0 Å². The molecule has 7 nitrogen and oxygen atoms in total. The minimum absolute atomic E-state index is 0.0274. The number of fused-ring (bicyclic) bond motifs is 6. The van der Waals surface area contributed by atoms with Gasteiger partial charge < -0.3 is 25.2 Å². The van der Waals surface area contributed by atoms with Gasteiger partial charge in [-0.3, -0.25) is 4.79 Å². The van der Waals surface area contributed by atoms with Gasteiger partial charge in [-0.1, -0.05) is 24.3 Å². The van der Waals surface area contributed by atoms with Gasteiger partial charge in [-0.15, -0.1) is 0 Å². The van der Waals surface area contributed by atoms with Crippen molar-refractivity contribution in [1.82, 2.24) is 0 Å². The molecule has 3 N–H and O–H groups in total. The van der Waals surface area contributed by atoms with Gasteiger partial charge in [0.05, 0.1) is 5.56 Å². The average molecular weight is 577 g/mol. The van der Waals surface area contributed by atoms with Gasteiger partial charge in [0, 0.05) is 65.3 Å². The molecule has 0 saturated carbocycles. The second-order valence-electron chi connectivity index (χ2n) is 11.3. The highest BCUT2D eigenvalue weighted by molar-refractivity contribution is 6.02. The molecular formula is C36H36N2O5. The zero-order valence-electron chi connectivity index (χ0n) is 25.0. The van der Waals surface area contributed by atoms with Crippen molar-refractivity contribution in [3.05, 3.63) is 111 Å². The van der Waals surface area contributed by atoms with Crippen LogP contribution in [0.5, 0.6) is 17.2 Å². The molecule has 43 heavy (non-hydrogen) atoms. The number of aromatic hydroxyl groups is 1. The van der Waals surface area contributed by atoms with Gasteiger partial charge in [-0.2, -0.15) is 0 Å². The molecule has 1 spiro atoms. The van der Waals surface area contributed by atoms with Crippen LogP contribution >= 0.6 is 0 Å². The first-order chi connectivity index (χ1) is 20.7. The van der Waals surface area contributed by atoms with E-state index in [2.05, 4.69) is 10.6 Å². The summed E-state index contributed by atoms with van der Waals surface area (Å²) in [7, 11) is 0. The molecule has 0 saturated heterocycles. The lowest BCUT2D eigenvalue weighted by atomic mass is 9.76. The van der Waals surface area contributed by atoms with E-state index in [1.807, 2.05) is 70.2 Å². The number of anilines is 2. The zero-order chi connectivity index (χ0) is 30.3. The summed E-state index contributed by atoms with van der Waals surface area (Å²) in [4.78, 5) is 26.9. The summed E-state index contributed by atoms with van der Waals surface area (Å²) in [5.74, 6) is 0.972. The van der Waals surface area contributed by atoms with Gasteiger partial charge in [0.25, 0.3) is 0 Å². The Hall–Kier alpha value is -4.78. The summed E-state index contributed by atoms with van der Waals surface area (Å²) in [5.41, 5.74) is 6.89. The number of rotatable bonds is 9. The third kappa shape index (κ3) is 4.88. The minimum Gasteiger partial charge on any atom is -0.508 e. The predicted molar refractivity (Wildman–Crippen MR) is 168 cm³/mol. The lowest BCUT2D eigenvalue weighted by Crippen LogP contribution is -2.33. The molecule has 6 rings (SSSR count). The minimum atomic E-state index is -1.21. The van der Waals surface area contributed by atoms with Crippen molar-refractivity contribution in [2.45, 2.75) is 52.6 Å². The molecule has 2 aliphatic rings. The van der Waals surface area contributed by atoms with Crippen LogP contribution in [0, 0.1) is 13.8 Å². The number of esters is 1. The van der Waals surface area contributed by atoms with Crippen LogP contribution in [-0.4, -0.2) is 29.9 Å². The summed E-state index contributed by atoms with van der Waals surface area (Å²) in [5, 5.41) is 16.3. The number of hydrogen-bond acceptors (Lipinski definition) is 7. The molecule has 0 aliphatic carbocycles. The lowest BCUT2D eigenvalue weighted by molar-refractivity contribution is 0.0224. The van der Waals surface area contributed by atoms with Gasteiger partial charge in [-0.05, 0) is 87.6 Å². The Morgan fingerprint density at radius 3 is 2.00 bits per heavy atom. The normalized spacial score (nSPS) is 13.9. The molecule has 2 aliphatic heterocycles. The maximum atomic E-state index is 13.6. The molecule has 4 aromatic carbocycles. The Labute approximate surface area is 251 Å². The molecule has 0 amide bonds. The van der Waals surface area contributed by atoms with Crippen molar-refractivity contribution in [2.24, 2.45) is 0 Å². The Morgan fingerprint density at radius 1 is 0.814 bits per heavy atom. The first-order valence-corrected chi connectivity index (χ1v) is 14.9. The van der Waals surface area contributed by atoms with Crippen LogP contribution in [0.2, 0.25) is 0 Å².